The molecule has 0 unspecified atom stereocenters. The maximum absolute atomic E-state index is 12.8. The Balaban J connectivity index is 1.98. The molecule has 0 fully saturated rings. The van der Waals surface area contributed by atoms with Gasteiger partial charge in [-0.05, 0) is 30.7 Å². The van der Waals surface area contributed by atoms with Crippen LogP contribution in [0.4, 0.5) is 5.69 Å². The van der Waals surface area contributed by atoms with Crippen molar-refractivity contribution in [3.05, 3.63) is 47.5 Å². The van der Waals surface area contributed by atoms with Gasteiger partial charge in [0.25, 0.3) is 10.0 Å². The lowest BCUT2D eigenvalue weighted by molar-refractivity contribution is 0.0602. The van der Waals surface area contributed by atoms with Crippen LogP contribution in [0.5, 0.6) is 11.5 Å². The lowest BCUT2D eigenvalue weighted by atomic mass is 10.1. The standard InChI is InChI=1S/C18H19NO6S/c1-12-5-3-6-14(18(20)23-2)17(12)19-26(21,22)13-7-8-15-16(11-13)25-10-4-9-24-15/h3,5-8,11,19H,4,9-10H2,1-2H3. The smallest absolute Gasteiger partial charge is 0.340 e. The summed E-state index contributed by atoms with van der Waals surface area (Å²) in [6, 6.07) is 9.29. The van der Waals surface area contributed by atoms with Crippen LogP contribution in [-0.2, 0) is 14.8 Å². The summed E-state index contributed by atoms with van der Waals surface area (Å²) in [5, 5.41) is 0. The van der Waals surface area contributed by atoms with Gasteiger partial charge in [0.2, 0.25) is 0 Å². The normalized spacial score (nSPS) is 13.6. The van der Waals surface area contributed by atoms with Gasteiger partial charge in [-0.25, -0.2) is 13.2 Å². The summed E-state index contributed by atoms with van der Waals surface area (Å²) in [6.07, 6.45) is 0.723. The Labute approximate surface area is 151 Å². The molecule has 0 atom stereocenters. The number of sulfonamides is 1. The highest BCUT2D eigenvalue weighted by molar-refractivity contribution is 7.92. The molecule has 138 valence electrons. The summed E-state index contributed by atoms with van der Waals surface area (Å²) in [5.41, 5.74) is 0.933. The molecule has 0 aromatic heterocycles. The van der Waals surface area contributed by atoms with Crippen LogP contribution in [0.1, 0.15) is 22.3 Å². The van der Waals surface area contributed by atoms with Crippen molar-refractivity contribution < 1.29 is 27.4 Å². The Kier molecular flexibility index (Phi) is 5.03. The first-order valence-corrected chi connectivity index (χ1v) is 9.51. The molecule has 2 aromatic carbocycles. The number of carbonyl (C=O) groups excluding carboxylic acids is 1. The third-order valence-electron chi connectivity index (χ3n) is 3.94. The molecule has 1 heterocycles. The highest BCUT2D eigenvalue weighted by Crippen LogP contribution is 2.33. The minimum Gasteiger partial charge on any atom is -0.490 e. The Morgan fingerprint density at radius 3 is 2.58 bits per heavy atom. The molecule has 2 aromatic rings. The molecule has 0 saturated carbocycles. The van der Waals surface area contributed by atoms with Crippen molar-refractivity contribution in [1.82, 2.24) is 0 Å². The number of ether oxygens (including phenoxy) is 3. The lowest BCUT2D eigenvalue weighted by Gasteiger charge is -2.15. The van der Waals surface area contributed by atoms with Gasteiger partial charge < -0.3 is 14.2 Å². The zero-order chi connectivity index (χ0) is 18.7. The highest BCUT2D eigenvalue weighted by atomic mass is 32.2. The third kappa shape index (κ3) is 3.60. The summed E-state index contributed by atoms with van der Waals surface area (Å²) >= 11 is 0. The van der Waals surface area contributed by atoms with Crippen molar-refractivity contribution in [2.45, 2.75) is 18.2 Å². The molecule has 0 spiro atoms. The van der Waals surface area contributed by atoms with E-state index in [0.717, 1.165) is 6.42 Å². The van der Waals surface area contributed by atoms with Crippen molar-refractivity contribution in [2.75, 3.05) is 25.0 Å². The van der Waals surface area contributed by atoms with Gasteiger partial charge in [-0.1, -0.05) is 12.1 Å². The number of para-hydroxylation sites is 1. The fourth-order valence-electron chi connectivity index (χ4n) is 2.59. The summed E-state index contributed by atoms with van der Waals surface area (Å²) in [6.45, 7) is 2.68. The largest absolute Gasteiger partial charge is 0.490 e. The van der Waals surface area contributed by atoms with Gasteiger partial charge in [0.1, 0.15) is 0 Å². The number of benzene rings is 2. The van der Waals surface area contributed by atoms with E-state index in [2.05, 4.69) is 4.72 Å². The molecule has 0 bridgehead atoms. The molecule has 0 aliphatic carbocycles. The zero-order valence-corrected chi connectivity index (χ0v) is 15.3. The van der Waals surface area contributed by atoms with Crippen molar-refractivity contribution in [2.24, 2.45) is 0 Å². The summed E-state index contributed by atoms with van der Waals surface area (Å²) in [7, 11) is -2.70. The van der Waals surface area contributed by atoms with Gasteiger partial charge in [0.15, 0.2) is 11.5 Å². The fraction of sp³-hybridized carbons (Fsp3) is 0.278. The van der Waals surface area contributed by atoms with Crippen molar-refractivity contribution >= 4 is 21.7 Å². The number of esters is 1. The Hall–Kier alpha value is -2.74. The summed E-state index contributed by atoms with van der Waals surface area (Å²) in [4.78, 5) is 12.0. The first-order chi connectivity index (χ1) is 12.4. The van der Waals surface area contributed by atoms with Crippen molar-refractivity contribution in [1.29, 1.82) is 0 Å². The van der Waals surface area contributed by atoms with Crippen LogP contribution >= 0.6 is 0 Å². The van der Waals surface area contributed by atoms with E-state index in [4.69, 9.17) is 14.2 Å². The molecule has 26 heavy (non-hydrogen) atoms. The maximum atomic E-state index is 12.8. The molecule has 1 aliphatic rings. The van der Waals surface area contributed by atoms with Gasteiger partial charge in [-0.2, -0.15) is 0 Å². The van der Waals surface area contributed by atoms with Gasteiger partial charge in [0, 0.05) is 12.5 Å². The lowest BCUT2D eigenvalue weighted by Crippen LogP contribution is -2.17. The Morgan fingerprint density at radius 2 is 1.85 bits per heavy atom. The minimum atomic E-state index is -3.94. The Morgan fingerprint density at radius 1 is 1.12 bits per heavy atom. The second-order valence-electron chi connectivity index (χ2n) is 5.75. The van der Waals surface area contributed by atoms with Crippen LogP contribution in [0.2, 0.25) is 0 Å². The number of hydrogen-bond acceptors (Lipinski definition) is 6. The monoisotopic (exact) mass is 377 g/mol. The molecule has 1 N–H and O–H groups in total. The van der Waals surface area contributed by atoms with E-state index in [1.165, 1.54) is 25.3 Å². The molecule has 8 heteroatoms. The summed E-state index contributed by atoms with van der Waals surface area (Å²) < 4.78 is 43.9. The average Bonchev–Trinajstić information content (AvgIpc) is 2.87. The first-order valence-electron chi connectivity index (χ1n) is 8.03. The number of rotatable bonds is 4. The van der Waals surface area contributed by atoms with E-state index in [1.807, 2.05) is 0 Å². The molecular weight excluding hydrogens is 358 g/mol. The molecular formula is C18H19NO6S. The van der Waals surface area contributed by atoms with E-state index >= 15 is 0 Å². The number of carbonyl (C=O) groups is 1. The fourth-order valence-corrected chi connectivity index (χ4v) is 3.75. The number of anilines is 1. The van der Waals surface area contributed by atoms with Crippen molar-refractivity contribution in [3.8, 4) is 11.5 Å². The van der Waals surface area contributed by atoms with E-state index in [9.17, 15) is 13.2 Å². The van der Waals surface area contributed by atoms with Crippen LogP contribution in [0.3, 0.4) is 0 Å². The molecule has 0 radical (unpaired) electrons. The van der Waals surface area contributed by atoms with Gasteiger partial charge in [0.05, 0.1) is 36.5 Å². The van der Waals surface area contributed by atoms with E-state index < -0.39 is 16.0 Å². The van der Waals surface area contributed by atoms with Crippen LogP contribution in [0, 0.1) is 6.92 Å². The molecule has 0 saturated heterocycles. The predicted octanol–water partition coefficient (Wildman–Crippen LogP) is 2.74. The second-order valence-corrected chi connectivity index (χ2v) is 7.44. The average molecular weight is 377 g/mol. The zero-order valence-electron chi connectivity index (χ0n) is 14.4. The van der Waals surface area contributed by atoms with E-state index in [-0.39, 0.29) is 16.1 Å². The van der Waals surface area contributed by atoms with Gasteiger partial charge in [-0.15, -0.1) is 0 Å². The van der Waals surface area contributed by atoms with Gasteiger partial charge >= 0.3 is 5.97 Å². The van der Waals surface area contributed by atoms with Crippen LogP contribution in [0.15, 0.2) is 41.3 Å². The number of aryl methyl sites for hydroxylation is 1. The quantitative estimate of drug-likeness (QED) is 0.824. The van der Waals surface area contributed by atoms with Crippen LogP contribution < -0.4 is 14.2 Å². The molecule has 1 aliphatic heterocycles. The SMILES string of the molecule is COC(=O)c1cccc(C)c1NS(=O)(=O)c1ccc2c(c1)OCCCO2. The third-order valence-corrected chi connectivity index (χ3v) is 5.29. The van der Waals surface area contributed by atoms with Gasteiger partial charge in [-0.3, -0.25) is 4.72 Å². The number of fused-ring (bicyclic) bond motifs is 1. The number of nitrogens with one attached hydrogen (secondary N) is 1. The molecule has 3 rings (SSSR count). The highest BCUT2D eigenvalue weighted by Gasteiger charge is 2.22. The van der Waals surface area contributed by atoms with E-state index in [1.54, 1.807) is 25.1 Å². The number of hydrogen-bond donors (Lipinski definition) is 1. The summed E-state index contributed by atoms with van der Waals surface area (Å²) in [5.74, 6) is 0.265. The Bertz CT molecular complexity index is 939. The van der Waals surface area contributed by atoms with Crippen LogP contribution in [0.25, 0.3) is 0 Å². The maximum Gasteiger partial charge on any atom is 0.340 e. The first kappa shape index (κ1) is 18.1. The molecule has 7 nitrogen and oxygen atoms in total. The second kappa shape index (κ2) is 7.25. The molecule has 0 amide bonds. The minimum absolute atomic E-state index is 0.0146. The predicted molar refractivity (Wildman–Crippen MR) is 95.4 cm³/mol. The van der Waals surface area contributed by atoms with E-state index in [0.29, 0.717) is 30.3 Å². The topological polar surface area (TPSA) is 90.9 Å². The van der Waals surface area contributed by atoms with Crippen LogP contribution in [-0.4, -0.2) is 34.7 Å². The number of methoxy groups -OCH3 is 1. The van der Waals surface area contributed by atoms with Crippen molar-refractivity contribution in [3.63, 3.8) is 0 Å².